The number of hydrogen-bond acceptors (Lipinski definition) is 2. The number of hydrogen-bond donors (Lipinski definition) is 1. The van der Waals surface area contributed by atoms with Crippen LogP contribution in [-0.2, 0) is 6.42 Å². The van der Waals surface area contributed by atoms with Crippen LogP contribution in [0.4, 0.5) is 5.69 Å². The summed E-state index contributed by atoms with van der Waals surface area (Å²) in [5.41, 5.74) is 3.39. The van der Waals surface area contributed by atoms with Crippen molar-refractivity contribution in [1.82, 2.24) is 5.32 Å². The Balaban J connectivity index is 1.48. The lowest BCUT2D eigenvalue weighted by Gasteiger charge is -2.31. The quantitative estimate of drug-likeness (QED) is 0.844. The molecule has 120 valence electrons. The minimum atomic E-state index is -0.0634. The monoisotopic (exact) mass is 328 g/mol. The maximum Gasteiger partial charge on any atom is 0.251 e. The number of rotatable bonds is 5. The number of aryl methyl sites for hydroxylation is 1. The van der Waals surface area contributed by atoms with Gasteiger partial charge in [0.2, 0.25) is 0 Å². The van der Waals surface area contributed by atoms with E-state index in [1.165, 1.54) is 17.7 Å². The molecule has 0 saturated carbocycles. The lowest BCUT2D eigenvalue weighted by atomic mass is 10.0. The first-order valence-electron chi connectivity index (χ1n) is 8.10. The molecule has 2 aromatic carbocycles. The minimum absolute atomic E-state index is 0.0634. The highest BCUT2D eigenvalue weighted by Gasteiger charge is 2.15. The molecule has 1 aliphatic rings. The normalized spacial score (nSPS) is 13.5. The molecule has 0 radical (unpaired) electrons. The molecule has 23 heavy (non-hydrogen) atoms. The van der Waals surface area contributed by atoms with Gasteiger partial charge in [0.25, 0.3) is 5.91 Å². The van der Waals surface area contributed by atoms with Crippen LogP contribution < -0.4 is 10.2 Å². The van der Waals surface area contributed by atoms with Crippen molar-refractivity contribution in [3.8, 4) is 0 Å². The van der Waals surface area contributed by atoms with Crippen molar-refractivity contribution >= 4 is 23.2 Å². The van der Waals surface area contributed by atoms with Crippen LogP contribution in [0.25, 0.3) is 0 Å². The number of carbonyl (C=O) groups is 1. The fraction of sp³-hybridized carbons (Fsp3) is 0.316. The van der Waals surface area contributed by atoms with Crippen molar-refractivity contribution < 1.29 is 4.79 Å². The number of halogens is 1. The second-order valence-corrected chi connectivity index (χ2v) is 6.28. The van der Waals surface area contributed by atoms with Crippen molar-refractivity contribution in [2.45, 2.75) is 19.3 Å². The van der Waals surface area contributed by atoms with E-state index in [0.29, 0.717) is 17.1 Å². The van der Waals surface area contributed by atoms with Crippen LogP contribution in [0.3, 0.4) is 0 Å². The summed E-state index contributed by atoms with van der Waals surface area (Å²) in [5, 5.41) is 3.55. The van der Waals surface area contributed by atoms with Gasteiger partial charge in [-0.05, 0) is 49.1 Å². The molecular weight excluding hydrogens is 308 g/mol. The van der Waals surface area contributed by atoms with Crippen molar-refractivity contribution in [2.24, 2.45) is 0 Å². The molecule has 0 fully saturated rings. The van der Waals surface area contributed by atoms with Gasteiger partial charge in [-0.3, -0.25) is 4.79 Å². The Bertz CT molecular complexity index is 687. The Kier molecular flexibility index (Phi) is 5.19. The zero-order chi connectivity index (χ0) is 16.1. The first-order valence-corrected chi connectivity index (χ1v) is 8.48. The Labute approximate surface area is 142 Å². The third-order valence-electron chi connectivity index (χ3n) is 4.18. The summed E-state index contributed by atoms with van der Waals surface area (Å²) < 4.78 is 0. The van der Waals surface area contributed by atoms with Gasteiger partial charge in [-0.1, -0.05) is 35.9 Å². The van der Waals surface area contributed by atoms with Crippen LogP contribution in [0.1, 0.15) is 28.8 Å². The number of nitrogens with one attached hydrogen (secondary N) is 1. The van der Waals surface area contributed by atoms with Crippen LogP contribution in [0.2, 0.25) is 5.02 Å². The summed E-state index contributed by atoms with van der Waals surface area (Å²) in [7, 11) is 0. The number of fused-ring (bicyclic) bond motifs is 1. The van der Waals surface area contributed by atoms with Crippen LogP contribution in [0.15, 0.2) is 48.5 Å². The molecule has 1 N–H and O–H groups in total. The van der Waals surface area contributed by atoms with E-state index in [-0.39, 0.29) is 5.91 Å². The molecular formula is C19H21ClN2O. The van der Waals surface area contributed by atoms with Gasteiger partial charge in [0, 0.05) is 35.9 Å². The largest absolute Gasteiger partial charge is 0.371 e. The van der Waals surface area contributed by atoms with Crippen LogP contribution in [0.5, 0.6) is 0 Å². The molecule has 2 aromatic rings. The standard InChI is InChI=1S/C19H21ClN2O/c20-17-9-3-7-16(14-17)19(23)21-11-5-13-22-12-4-8-15-6-1-2-10-18(15)22/h1-3,6-7,9-10,14H,4-5,8,11-13H2,(H,21,23). The van der Waals surface area contributed by atoms with E-state index in [9.17, 15) is 4.79 Å². The molecule has 0 spiro atoms. The predicted molar refractivity (Wildman–Crippen MR) is 95.4 cm³/mol. The van der Waals surface area contributed by atoms with Gasteiger partial charge in [0.05, 0.1) is 0 Å². The molecule has 0 unspecified atom stereocenters. The molecule has 0 aliphatic carbocycles. The van der Waals surface area contributed by atoms with E-state index in [2.05, 4.69) is 34.5 Å². The van der Waals surface area contributed by atoms with Gasteiger partial charge in [-0.15, -0.1) is 0 Å². The fourth-order valence-electron chi connectivity index (χ4n) is 3.05. The van der Waals surface area contributed by atoms with Gasteiger partial charge in [0.15, 0.2) is 0 Å². The topological polar surface area (TPSA) is 32.3 Å². The molecule has 0 aromatic heterocycles. The zero-order valence-electron chi connectivity index (χ0n) is 13.1. The van der Waals surface area contributed by atoms with Gasteiger partial charge in [0.1, 0.15) is 0 Å². The highest BCUT2D eigenvalue weighted by molar-refractivity contribution is 6.30. The van der Waals surface area contributed by atoms with Gasteiger partial charge in [-0.2, -0.15) is 0 Å². The Morgan fingerprint density at radius 2 is 2.04 bits per heavy atom. The third kappa shape index (κ3) is 4.05. The summed E-state index contributed by atoms with van der Waals surface area (Å²) in [6.07, 6.45) is 3.30. The van der Waals surface area contributed by atoms with Crippen molar-refractivity contribution in [3.63, 3.8) is 0 Å². The predicted octanol–water partition coefficient (Wildman–Crippen LogP) is 3.91. The van der Waals surface area contributed by atoms with E-state index in [1.54, 1.807) is 24.3 Å². The Morgan fingerprint density at radius 1 is 1.17 bits per heavy atom. The average molecular weight is 329 g/mol. The fourth-order valence-corrected chi connectivity index (χ4v) is 3.24. The third-order valence-corrected chi connectivity index (χ3v) is 4.42. The van der Waals surface area contributed by atoms with Crippen LogP contribution >= 0.6 is 11.6 Å². The first kappa shape index (κ1) is 15.9. The summed E-state index contributed by atoms with van der Waals surface area (Å²) >= 11 is 5.91. The molecule has 1 amide bonds. The SMILES string of the molecule is O=C(NCCCN1CCCc2ccccc21)c1cccc(Cl)c1. The summed E-state index contributed by atoms with van der Waals surface area (Å²) in [5.74, 6) is -0.0634. The molecule has 0 saturated heterocycles. The van der Waals surface area contributed by atoms with E-state index < -0.39 is 0 Å². The lowest BCUT2D eigenvalue weighted by molar-refractivity contribution is 0.0953. The first-order chi connectivity index (χ1) is 11.2. The second-order valence-electron chi connectivity index (χ2n) is 5.84. The zero-order valence-corrected chi connectivity index (χ0v) is 13.9. The maximum atomic E-state index is 12.1. The van der Waals surface area contributed by atoms with Gasteiger partial charge >= 0.3 is 0 Å². The van der Waals surface area contributed by atoms with E-state index in [4.69, 9.17) is 11.6 Å². The molecule has 1 aliphatic heterocycles. The highest BCUT2D eigenvalue weighted by atomic mass is 35.5. The van der Waals surface area contributed by atoms with Crippen LogP contribution in [-0.4, -0.2) is 25.5 Å². The molecule has 0 bridgehead atoms. The molecule has 3 nitrogen and oxygen atoms in total. The highest BCUT2D eigenvalue weighted by Crippen LogP contribution is 2.26. The van der Waals surface area contributed by atoms with E-state index in [0.717, 1.165) is 25.9 Å². The maximum absolute atomic E-state index is 12.1. The number of benzene rings is 2. The molecule has 0 atom stereocenters. The van der Waals surface area contributed by atoms with Crippen molar-refractivity contribution in [1.29, 1.82) is 0 Å². The molecule has 1 heterocycles. The number of nitrogens with zero attached hydrogens (tertiary/aromatic N) is 1. The van der Waals surface area contributed by atoms with E-state index >= 15 is 0 Å². The smallest absolute Gasteiger partial charge is 0.251 e. The Morgan fingerprint density at radius 3 is 2.91 bits per heavy atom. The number of anilines is 1. The van der Waals surface area contributed by atoms with Crippen molar-refractivity contribution in [2.75, 3.05) is 24.5 Å². The summed E-state index contributed by atoms with van der Waals surface area (Å²) in [4.78, 5) is 14.5. The molecule has 4 heteroatoms. The number of amides is 1. The van der Waals surface area contributed by atoms with Gasteiger partial charge in [-0.25, -0.2) is 0 Å². The van der Waals surface area contributed by atoms with Crippen LogP contribution in [0, 0.1) is 0 Å². The number of carbonyl (C=O) groups excluding carboxylic acids is 1. The van der Waals surface area contributed by atoms with Gasteiger partial charge < -0.3 is 10.2 Å². The number of para-hydroxylation sites is 1. The second kappa shape index (κ2) is 7.51. The van der Waals surface area contributed by atoms with E-state index in [1.807, 2.05) is 0 Å². The average Bonchev–Trinajstić information content (AvgIpc) is 2.58. The molecule has 3 rings (SSSR count). The summed E-state index contributed by atoms with van der Waals surface area (Å²) in [6.45, 7) is 2.73. The summed E-state index contributed by atoms with van der Waals surface area (Å²) in [6, 6.07) is 15.6. The van der Waals surface area contributed by atoms with Crippen molar-refractivity contribution in [3.05, 3.63) is 64.7 Å². The minimum Gasteiger partial charge on any atom is -0.371 e. The lowest BCUT2D eigenvalue weighted by Crippen LogP contribution is -2.33. The Hall–Kier alpha value is -2.00.